The van der Waals surface area contributed by atoms with E-state index in [0.29, 0.717) is 0 Å². The van der Waals surface area contributed by atoms with Gasteiger partial charge in [0.05, 0.1) is 12.6 Å². The number of aryl methyl sites for hydroxylation is 3. The van der Waals surface area contributed by atoms with Crippen molar-refractivity contribution in [1.82, 2.24) is 4.57 Å². The van der Waals surface area contributed by atoms with Crippen LogP contribution < -0.4 is 4.74 Å². The molecule has 1 aliphatic carbocycles. The Hall–Kier alpha value is -4.12. The molecule has 49 heavy (non-hydrogen) atoms. The molecule has 2 aromatic carbocycles. The van der Waals surface area contributed by atoms with Gasteiger partial charge in [-0.05, 0) is 122 Å². The van der Waals surface area contributed by atoms with Gasteiger partial charge in [0, 0.05) is 36.3 Å². The smallest absolute Gasteiger partial charge is 0.346 e. The zero-order valence-electron chi connectivity index (χ0n) is 28.9. The van der Waals surface area contributed by atoms with Crippen molar-refractivity contribution in [3.63, 3.8) is 0 Å². The number of nitrogens with zero attached hydrogens (tertiary/aromatic N) is 2. The highest BCUT2D eigenvalue weighted by Crippen LogP contribution is 2.45. The summed E-state index contributed by atoms with van der Waals surface area (Å²) in [6, 6.07) is 21.9. The first-order chi connectivity index (χ1) is 23.9. The number of methoxy groups -OCH3 is 1. The van der Waals surface area contributed by atoms with Crippen LogP contribution in [0.4, 0.5) is 0 Å². The van der Waals surface area contributed by atoms with Gasteiger partial charge < -0.3 is 14.4 Å². The molecule has 3 heterocycles. The summed E-state index contributed by atoms with van der Waals surface area (Å²) in [6.07, 6.45) is 16.2. The van der Waals surface area contributed by atoms with Gasteiger partial charge >= 0.3 is 5.97 Å². The molecule has 1 N–H and O–H groups in total. The van der Waals surface area contributed by atoms with Crippen LogP contribution >= 0.6 is 22.7 Å². The topological polar surface area (TPSA) is 75.2 Å². The van der Waals surface area contributed by atoms with Gasteiger partial charge in [-0.2, -0.15) is 5.26 Å². The summed E-state index contributed by atoms with van der Waals surface area (Å²) in [7, 11) is 1.71. The number of aliphatic carboxylic acids is 1. The lowest BCUT2D eigenvalue weighted by Crippen LogP contribution is -1.98. The van der Waals surface area contributed by atoms with Gasteiger partial charge in [0.1, 0.15) is 17.4 Å². The number of carboxylic acids is 1. The fourth-order valence-corrected chi connectivity index (χ4v) is 9.66. The second-order valence-corrected chi connectivity index (χ2v) is 15.2. The Balaban J connectivity index is 1.41. The van der Waals surface area contributed by atoms with Gasteiger partial charge in [-0.1, -0.05) is 58.4 Å². The number of benzene rings is 2. The van der Waals surface area contributed by atoms with E-state index in [9.17, 15) is 15.2 Å². The number of carbonyl (C=O) groups is 1. The summed E-state index contributed by atoms with van der Waals surface area (Å²) < 4.78 is 7.87. The number of aromatic nitrogens is 1. The van der Waals surface area contributed by atoms with Crippen LogP contribution in [0.15, 0.2) is 60.2 Å². The summed E-state index contributed by atoms with van der Waals surface area (Å²) in [6.45, 7) is 4.46. The fraction of sp³-hybridized carbons (Fsp3) is 0.381. The monoisotopic (exact) mass is 690 g/mol. The summed E-state index contributed by atoms with van der Waals surface area (Å²) in [4.78, 5) is 16.4. The summed E-state index contributed by atoms with van der Waals surface area (Å²) in [5.41, 5.74) is 8.86. The standard InChI is InChI=1S/C42H46N2O3S2/c1-4-6-8-10-13-28-24-40(48-38(28)26-31(27-43)42(45)46)41-30(14-11-9-7-5-2)25-39(49-41)29-17-22-37-35(23-29)34-15-12-16-36(34)44(37)32-18-20-33(47-3)21-19-32/h17-26H,4-16H2,1-3H3,(H,45,46)/b31-26+. The van der Waals surface area contributed by atoms with Gasteiger partial charge in [-0.3, -0.25) is 0 Å². The largest absolute Gasteiger partial charge is 0.497 e. The molecule has 254 valence electrons. The molecule has 0 bridgehead atoms. The molecule has 0 saturated heterocycles. The lowest BCUT2D eigenvalue weighted by Gasteiger charge is -2.11. The summed E-state index contributed by atoms with van der Waals surface area (Å²) >= 11 is 3.48. The molecule has 5 aromatic rings. The van der Waals surface area contributed by atoms with Crippen LogP contribution in [0.1, 0.15) is 98.9 Å². The van der Waals surface area contributed by atoms with Crippen molar-refractivity contribution >= 4 is 45.6 Å². The molecule has 6 rings (SSSR count). The van der Waals surface area contributed by atoms with Crippen LogP contribution in [0, 0.1) is 11.3 Å². The molecule has 0 amide bonds. The Morgan fingerprint density at radius 3 is 2.29 bits per heavy atom. The zero-order chi connectivity index (χ0) is 34.3. The van der Waals surface area contributed by atoms with Gasteiger partial charge in [0.25, 0.3) is 0 Å². The quantitative estimate of drug-likeness (QED) is 0.0635. The number of rotatable bonds is 16. The summed E-state index contributed by atoms with van der Waals surface area (Å²) in [5.74, 6) is -0.310. The molecule has 3 aromatic heterocycles. The van der Waals surface area contributed by atoms with E-state index in [-0.39, 0.29) is 5.57 Å². The van der Waals surface area contributed by atoms with E-state index in [0.717, 1.165) is 61.1 Å². The number of thiophene rings is 2. The van der Waals surface area contributed by atoms with Gasteiger partial charge in [0.2, 0.25) is 0 Å². The van der Waals surface area contributed by atoms with Crippen LogP contribution in [0.2, 0.25) is 0 Å². The second-order valence-electron chi connectivity index (χ2n) is 13.1. The Morgan fingerprint density at radius 1 is 0.898 bits per heavy atom. The highest BCUT2D eigenvalue weighted by atomic mass is 32.1. The van der Waals surface area contributed by atoms with Crippen molar-refractivity contribution in [2.24, 2.45) is 0 Å². The normalized spacial score (nSPS) is 12.8. The highest BCUT2D eigenvalue weighted by Gasteiger charge is 2.24. The van der Waals surface area contributed by atoms with E-state index < -0.39 is 5.97 Å². The lowest BCUT2D eigenvalue weighted by atomic mass is 10.0. The molecular weight excluding hydrogens is 645 g/mol. The van der Waals surface area contributed by atoms with Crippen LogP contribution in [-0.4, -0.2) is 22.8 Å². The Bertz CT molecular complexity index is 2000. The van der Waals surface area contributed by atoms with Crippen LogP contribution in [0.3, 0.4) is 0 Å². The number of hydrogen-bond donors (Lipinski definition) is 1. The Kier molecular flexibility index (Phi) is 11.4. The van der Waals surface area contributed by atoms with E-state index in [1.807, 2.05) is 29.5 Å². The van der Waals surface area contributed by atoms with Crippen LogP contribution in [0.25, 0.3) is 42.9 Å². The zero-order valence-corrected chi connectivity index (χ0v) is 30.6. The second kappa shape index (κ2) is 16.1. The first-order valence-electron chi connectivity index (χ1n) is 17.9. The molecule has 0 radical (unpaired) electrons. The Morgan fingerprint density at radius 2 is 1.61 bits per heavy atom. The average molecular weight is 691 g/mol. The fourth-order valence-electron chi connectivity index (χ4n) is 7.16. The van der Waals surface area contributed by atoms with Crippen LogP contribution in [-0.2, 0) is 30.5 Å². The number of carboxylic acid groups (broad SMARTS) is 1. The van der Waals surface area contributed by atoms with Gasteiger partial charge in [-0.25, -0.2) is 4.79 Å². The third kappa shape index (κ3) is 7.56. The molecule has 0 saturated carbocycles. The maximum Gasteiger partial charge on any atom is 0.346 e. The SMILES string of the molecule is CCCCCCc1cc(-c2sc(-c3ccc4c(c3)c3c(n4-c4ccc(OC)cc4)CCC3)cc2CCCCCC)sc1/C=C(\C#N)C(=O)O. The molecule has 0 aliphatic heterocycles. The van der Waals surface area contributed by atoms with E-state index in [4.69, 9.17) is 4.74 Å². The molecular formula is C42H46N2O3S2. The van der Waals surface area contributed by atoms with Gasteiger partial charge in [-0.15, -0.1) is 22.7 Å². The predicted octanol–water partition coefficient (Wildman–Crippen LogP) is 11.8. The average Bonchev–Trinajstić information content (AvgIpc) is 3.91. The minimum Gasteiger partial charge on any atom is -0.497 e. The first kappa shape index (κ1) is 34.7. The van der Waals surface area contributed by atoms with Crippen molar-refractivity contribution in [2.75, 3.05) is 7.11 Å². The lowest BCUT2D eigenvalue weighted by molar-refractivity contribution is -0.132. The van der Waals surface area contributed by atoms with E-state index in [2.05, 4.69) is 60.9 Å². The molecule has 0 fully saturated rings. The molecule has 7 heteroatoms. The van der Waals surface area contributed by atoms with Crippen molar-refractivity contribution in [3.05, 3.63) is 87.4 Å². The van der Waals surface area contributed by atoms with Crippen LogP contribution in [0.5, 0.6) is 5.75 Å². The minimum absolute atomic E-state index is 0.211. The number of fused-ring (bicyclic) bond motifs is 3. The molecule has 0 atom stereocenters. The molecule has 0 unspecified atom stereocenters. The summed E-state index contributed by atoms with van der Waals surface area (Å²) in [5, 5.41) is 20.5. The van der Waals surface area contributed by atoms with Crippen molar-refractivity contribution in [3.8, 4) is 37.7 Å². The molecule has 0 spiro atoms. The van der Waals surface area contributed by atoms with E-state index >= 15 is 0 Å². The maximum atomic E-state index is 11.8. The van der Waals surface area contributed by atoms with E-state index in [1.165, 1.54) is 92.1 Å². The maximum absolute atomic E-state index is 11.8. The highest BCUT2D eigenvalue weighted by molar-refractivity contribution is 7.24. The first-order valence-corrected chi connectivity index (χ1v) is 19.5. The molecule has 5 nitrogen and oxygen atoms in total. The third-order valence-electron chi connectivity index (χ3n) is 9.74. The minimum atomic E-state index is -1.17. The number of nitriles is 1. The predicted molar refractivity (Wildman–Crippen MR) is 205 cm³/mol. The van der Waals surface area contributed by atoms with E-state index in [1.54, 1.807) is 24.5 Å². The van der Waals surface area contributed by atoms with Crippen molar-refractivity contribution in [2.45, 2.75) is 97.3 Å². The van der Waals surface area contributed by atoms with Gasteiger partial charge in [0.15, 0.2) is 0 Å². The van der Waals surface area contributed by atoms with Crippen molar-refractivity contribution < 1.29 is 14.6 Å². The molecule has 1 aliphatic rings. The third-order valence-corrected chi connectivity index (χ3v) is 12.3. The Labute approximate surface area is 298 Å². The van der Waals surface area contributed by atoms with Crippen molar-refractivity contribution in [1.29, 1.82) is 5.26 Å². The number of hydrogen-bond acceptors (Lipinski definition) is 5. The number of ether oxygens (including phenoxy) is 1. The number of unbranched alkanes of at least 4 members (excludes halogenated alkanes) is 6.